The van der Waals surface area contributed by atoms with E-state index in [0.717, 1.165) is 0 Å². The molecule has 0 fully saturated rings. The maximum absolute atomic E-state index is 12.7. The van der Waals surface area contributed by atoms with Gasteiger partial charge in [0.25, 0.3) is 0 Å². The van der Waals surface area contributed by atoms with E-state index in [-0.39, 0.29) is 0 Å². The van der Waals surface area contributed by atoms with Gasteiger partial charge >= 0.3 is 0 Å². The van der Waals surface area contributed by atoms with Gasteiger partial charge in [-0.2, -0.15) is 4.39 Å². The van der Waals surface area contributed by atoms with E-state index in [0.29, 0.717) is 0 Å². The molecule has 1 heterocycles. The molecule has 3 heteroatoms. The lowest BCUT2D eigenvalue weighted by Crippen LogP contribution is -1.88. The van der Waals surface area contributed by atoms with E-state index < -0.39 is 36.4 Å². The van der Waals surface area contributed by atoms with Gasteiger partial charge in [-0.15, -0.1) is 0 Å². The molecule has 0 bridgehead atoms. The van der Waals surface area contributed by atoms with Gasteiger partial charge in [-0.05, 0) is 18.5 Å². The van der Waals surface area contributed by atoms with Gasteiger partial charge in [0, 0.05) is 10.3 Å². The average molecular weight is 134 g/mol. The molecule has 1 rings (SSSR count). The van der Waals surface area contributed by atoms with Crippen LogP contribution in [0.4, 0.5) is 8.78 Å². The maximum atomic E-state index is 12.7. The lowest BCUT2D eigenvalue weighted by atomic mass is 10.3. The summed E-state index contributed by atoms with van der Waals surface area (Å²) < 4.78 is 59.9. The van der Waals surface area contributed by atoms with Crippen LogP contribution in [0.15, 0.2) is 12.2 Å². The topological polar surface area (TPSA) is 12.9 Å². The highest BCUT2D eigenvalue weighted by atomic mass is 19.2. The van der Waals surface area contributed by atoms with Crippen molar-refractivity contribution in [1.29, 1.82) is 0 Å². The fourth-order valence-corrected chi connectivity index (χ4v) is 0.343. The number of aromatic nitrogens is 1. The Labute approximate surface area is 58.4 Å². The van der Waals surface area contributed by atoms with E-state index in [1.807, 2.05) is 0 Å². The van der Waals surface area contributed by atoms with Crippen molar-refractivity contribution in [3.8, 4) is 0 Å². The van der Waals surface area contributed by atoms with Crippen molar-refractivity contribution in [2.45, 2.75) is 6.85 Å². The van der Waals surface area contributed by atoms with Crippen molar-refractivity contribution in [2.75, 3.05) is 0 Å². The highest BCUT2D eigenvalue weighted by Crippen LogP contribution is 2.02. The first-order valence-electron chi connectivity index (χ1n) is 4.58. The standard InChI is InChI=1S/C6H5F2N/c1-4-2-5(7)6(8)9-3-4/h2-3H,1H3/i1D3,2D,3D. The van der Waals surface area contributed by atoms with Gasteiger partial charge in [-0.3, -0.25) is 0 Å². The molecular formula is C6H5F2N. The summed E-state index contributed by atoms with van der Waals surface area (Å²) in [6, 6.07) is -1.14. The van der Waals surface area contributed by atoms with E-state index >= 15 is 0 Å². The molecule has 0 spiro atoms. The third-order valence-corrected chi connectivity index (χ3v) is 0.682. The molecule has 0 saturated heterocycles. The highest BCUT2D eigenvalue weighted by molar-refractivity contribution is 5.08. The molecule has 0 saturated carbocycles. The van der Waals surface area contributed by atoms with Crippen molar-refractivity contribution >= 4 is 0 Å². The molecule has 1 nitrogen and oxygen atoms in total. The van der Waals surface area contributed by atoms with Crippen molar-refractivity contribution in [3.63, 3.8) is 0 Å². The predicted molar refractivity (Wildman–Crippen MR) is 28.9 cm³/mol. The molecule has 0 aliphatic heterocycles. The van der Waals surface area contributed by atoms with Gasteiger partial charge in [-0.25, -0.2) is 9.37 Å². The van der Waals surface area contributed by atoms with Crippen LogP contribution in [0.25, 0.3) is 0 Å². The second-order valence-corrected chi connectivity index (χ2v) is 1.33. The molecule has 0 N–H and O–H groups in total. The first-order valence-corrected chi connectivity index (χ1v) is 2.08. The third kappa shape index (κ3) is 1.22. The van der Waals surface area contributed by atoms with E-state index in [9.17, 15) is 8.78 Å². The number of pyridine rings is 1. The van der Waals surface area contributed by atoms with Crippen LogP contribution in [0, 0.1) is 18.6 Å². The van der Waals surface area contributed by atoms with Crippen LogP contribution in [-0.2, 0) is 0 Å². The quantitative estimate of drug-likeness (QED) is 0.492. The summed E-state index contributed by atoms with van der Waals surface area (Å²) in [5, 5.41) is 0. The Hall–Kier alpha value is -0.990. The molecule has 9 heavy (non-hydrogen) atoms. The Kier molecular flexibility index (Phi) is 0.540. The van der Waals surface area contributed by atoms with Gasteiger partial charge in [0.1, 0.15) is 0 Å². The summed E-state index contributed by atoms with van der Waals surface area (Å²) in [7, 11) is 0. The zero-order chi connectivity index (χ0) is 11.1. The fourth-order valence-electron chi connectivity index (χ4n) is 0.343. The summed E-state index contributed by atoms with van der Waals surface area (Å²) in [4.78, 5) is 2.75. The second kappa shape index (κ2) is 2.09. The number of hydrogen-bond acceptors (Lipinski definition) is 1. The minimum absolute atomic E-state index is 0.878. The Bertz CT molecular complexity index is 375. The lowest BCUT2D eigenvalue weighted by Gasteiger charge is -1.90. The summed E-state index contributed by atoms with van der Waals surface area (Å²) in [5.74, 6) is -3.28. The third-order valence-electron chi connectivity index (χ3n) is 0.682. The monoisotopic (exact) mass is 134 g/mol. The molecule has 0 aliphatic rings. The SMILES string of the molecule is [2H]c1nc(F)c(F)c([2H])c1C([2H])([2H])[2H]. The maximum Gasteiger partial charge on any atom is 0.248 e. The molecule has 0 aliphatic carbocycles. The van der Waals surface area contributed by atoms with Crippen LogP contribution in [0.1, 0.15) is 12.4 Å². The number of rotatable bonds is 0. The van der Waals surface area contributed by atoms with Crippen molar-refractivity contribution in [2.24, 2.45) is 0 Å². The van der Waals surface area contributed by atoms with Gasteiger partial charge in [-0.1, -0.05) is 0 Å². The van der Waals surface area contributed by atoms with Gasteiger partial charge < -0.3 is 0 Å². The smallest absolute Gasteiger partial charge is 0.225 e. The van der Waals surface area contributed by atoms with E-state index in [1.54, 1.807) is 0 Å². The first-order chi connectivity index (χ1) is 6.25. The van der Waals surface area contributed by atoms with Crippen molar-refractivity contribution in [1.82, 2.24) is 4.98 Å². The molecule has 0 unspecified atom stereocenters. The van der Waals surface area contributed by atoms with E-state index in [1.165, 1.54) is 0 Å². The second-order valence-electron chi connectivity index (χ2n) is 1.33. The summed E-state index contributed by atoms with van der Waals surface area (Å²) >= 11 is 0. The molecule has 0 amide bonds. The van der Waals surface area contributed by atoms with E-state index in [2.05, 4.69) is 4.98 Å². The zero-order valence-electron chi connectivity index (χ0n) is 9.20. The Balaban J connectivity index is 3.53. The van der Waals surface area contributed by atoms with Crippen LogP contribution in [-0.4, -0.2) is 4.98 Å². The molecular weight excluding hydrogens is 124 g/mol. The zero-order valence-corrected chi connectivity index (χ0v) is 4.20. The van der Waals surface area contributed by atoms with Crippen LogP contribution in [0.2, 0.25) is 0 Å². The molecule has 0 aromatic carbocycles. The Morgan fingerprint density at radius 1 is 1.78 bits per heavy atom. The number of nitrogens with zero attached hydrogens (tertiary/aromatic N) is 1. The summed E-state index contributed by atoms with van der Waals surface area (Å²) in [6.45, 7) is -2.84. The van der Waals surface area contributed by atoms with Crippen LogP contribution in [0.5, 0.6) is 0 Å². The molecule has 0 radical (unpaired) electrons. The number of halogens is 2. The first kappa shape index (κ1) is 2.33. The van der Waals surface area contributed by atoms with Crippen molar-refractivity contribution < 1.29 is 15.6 Å². The van der Waals surface area contributed by atoms with Gasteiger partial charge in [0.05, 0.1) is 2.74 Å². The normalized spacial score (nSPS) is 19.1. The molecule has 48 valence electrons. The molecule has 0 atom stereocenters. The fraction of sp³-hybridized carbons (Fsp3) is 0.167. The van der Waals surface area contributed by atoms with Gasteiger partial charge in [0.15, 0.2) is 5.82 Å². The number of hydrogen-bond donors (Lipinski definition) is 0. The lowest BCUT2D eigenvalue weighted by molar-refractivity contribution is 0.478. The highest BCUT2D eigenvalue weighted by Gasteiger charge is 1.99. The van der Waals surface area contributed by atoms with Crippen LogP contribution >= 0.6 is 0 Å². The minimum Gasteiger partial charge on any atom is -0.225 e. The summed E-state index contributed by atoms with van der Waals surface area (Å²) in [6.07, 6.45) is -0.936. The van der Waals surface area contributed by atoms with Crippen LogP contribution < -0.4 is 0 Å². The van der Waals surface area contributed by atoms with Crippen LogP contribution in [0.3, 0.4) is 0 Å². The minimum atomic E-state index is -2.84. The molecule has 1 aromatic rings. The summed E-state index contributed by atoms with van der Waals surface area (Å²) in [5.41, 5.74) is -0.878. The Morgan fingerprint density at radius 2 is 2.56 bits per heavy atom. The average Bonchev–Trinajstić information content (AvgIpc) is 1.97. The Morgan fingerprint density at radius 3 is 3.22 bits per heavy atom. The predicted octanol–water partition coefficient (Wildman–Crippen LogP) is 1.67. The van der Waals surface area contributed by atoms with Gasteiger partial charge in [0.2, 0.25) is 5.95 Å². The van der Waals surface area contributed by atoms with E-state index in [4.69, 9.17) is 6.85 Å². The van der Waals surface area contributed by atoms with Crippen molar-refractivity contribution in [3.05, 3.63) is 29.5 Å². The molecule has 1 aromatic heterocycles. The largest absolute Gasteiger partial charge is 0.248 e.